The van der Waals surface area contributed by atoms with E-state index in [9.17, 15) is 14.7 Å². The first-order valence-corrected chi connectivity index (χ1v) is 11.9. The van der Waals surface area contributed by atoms with Crippen molar-refractivity contribution in [3.05, 3.63) is 95.1 Å². The minimum atomic E-state index is -0.710. The highest BCUT2D eigenvalue weighted by Crippen LogP contribution is 2.41. The summed E-state index contributed by atoms with van der Waals surface area (Å²) < 4.78 is 11.2. The Morgan fingerprint density at radius 1 is 0.944 bits per heavy atom. The first kappa shape index (κ1) is 23.5. The van der Waals surface area contributed by atoms with E-state index in [-0.39, 0.29) is 11.3 Å². The van der Waals surface area contributed by atoms with Crippen molar-refractivity contribution in [2.24, 2.45) is 0 Å². The maximum absolute atomic E-state index is 13.3. The van der Waals surface area contributed by atoms with Crippen molar-refractivity contribution in [1.82, 2.24) is 4.90 Å². The number of aliphatic hydroxyl groups excluding tert-OH is 1. The molecule has 0 aliphatic carbocycles. The number of anilines is 1. The third-order valence-corrected chi connectivity index (χ3v) is 6.57. The second-order valence-electron chi connectivity index (χ2n) is 9.07. The maximum atomic E-state index is 13.3. The molecule has 36 heavy (non-hydrogen) atoms. The molecule has 2 aliphatic heterocycles. The van der Waals surface area contributed by atoms with Gasteiger partial charge in [-0.15, -0.1) is 0 Å². The first-order valence-electron chi connectivity index (χ1n) is 11.9. The highest BCUT2D eigenvalue weighted by Gasteiger charge is 2.45. The molecule has 0 aromatic heterocycles. The fourth-order valence-electron chi connectivity index (χ4n) is 4.65. The highest BCUT2D eigenvalue weighted by molar-refractivity contribution is 6.46. The number of carbonyl (C=O) groups is 2. The fourth-order valence-corrected chi connectivity index (χ4v) is 4.65. The summed E-state index contributed by atoms with van der Waals surface area (Å²) in [5.41, 5.74) is 3.28. The van der Waals surface area contributed by atoms with Crippen LogP contribution in [0, 0.1) is 0 Å². The third kappa shape index (κ3) is 4.40. The number of amides is 1. The Labute approximate surface area is 210 Å². The molecule has 7 heteroatoms. The second-order valence-corrected chi connectivity index (χ2v) is 9.07. The number of rotatable bonds is 6. The van der Waals surface area contributed by atoms with Crippen LogP contribution in [0.5, 0.6) is 11.5 Å². The number of benzene rings is 3. The number of fused-ring (bicyclic) bond motifs is 1. The normalized spacial score (nSPS) is 18.4. The molecule has 3 aromatic carbocycles. The Morgan fingerprint density at radius 2 is 1.64 bits per heavy atom. The predicted octanol–water partition coefficient (Wildman–Crippen LogP) is 4.19. The van der Waals surface area contributed by atoms with E-state index in [1.165, 1.54) is 0 Å². The van der Waals surface area contributed by atoms with E-state index in [2.05, 4.69) is 0 Å². The van der Waals surface area contributed by atoms with Crippen LogP contribution >= 0.6 is 0 Å². The lowest BCUT2D eigenvalue weighted by Crippen LogP contribution is -2.31. The van der Waals surface area contributed by atoms with Gasteiger partial charge >= 0.3 is 0 Å². The summed E-state index contributed by atoms with van der Waals surface area (Å²) in [4.78, 5) is 30.1. The van der Waals surface area contributed by atoms with Gasteiger partial charge in [0.05, 0.1) is 11.6 Å². The average Bonchev–Trinajstić information content (AvgIpc) is 3.16. The Balaban J connectivity index is 1.57. The topological polar surface area (TPSA) is 79.3 Å². The fraction of sp³-hybridized carbons (Fsp3) is 0.241. The third-order valence-electron chi connectivity index (χ3n) is 6.57. The van der Waals surface area contributed by atoms with Crippen molar-refractivity contribution in [3.63, 3.8) is 0 Å². The van der Waals surface area contributed by atoms with E-state index in [1.54, 1.807) is 23.1 Å². The van der Waals surface area contributed by atoms with Gasteiger partial charge < -0.3 is 24.4 Å². The van der Waals surface area contributed by atoms with Crippen LogP contribution in [0.15, 0.2) is 78.4 Å². The molecule has 0 radical (unpaired) electrons. The Bertz CT molecular complexity index is 1320. The molecule has 3 aromatic rings. The zero-order valence-electron chi connectivity index (χ0n) is 20.3. The molecule has 0 spiro atoms. The summed E-state index contributed by atoms with van der Waals surface area (Å²) in [6.07, 6.45) is 0.588. The summed E-state index contributed by atoms with van der Waals surface area (Å²) in [5.74, 6) is -0.467. The largest absolute Gasteiger partial charge is 0.507 e. The number of aliphatic hydroxyl groups is 1. The van der Waals surface area contributed by atoms with Crippen LogP contribution in [0.25, 0.3) is 5.76 Å². The molecule has 1 unspecified atom stereocenters. The van der Waals surface area contributed by atoms with E-state index in [0.717, 1.165) is 16.8 Å². The molecule has 2 aliphatic rings. The lowest BCUT2D eigenvalue weighted by atomic mass is 9.94. The van der Waals surface area contributed by atoms with Gasteiger partial charge in [-0.1, -0.05) is 42.5 Å². The molecule has 0 bridgehead atoms. The number of ketones is 1. The van der Waals surface area contributed by atoms with Crippen molar-refractivity contribution in [2.75, 3.05) is 38.8 Å². The van der Waals surface area contributed by atoms with E-state index in [0.29, 0.717) is 43.2 Å². The zero-order valence-corrected chi connectivity index (χ0v) is 20.3. The number of hydrogen-bond donors (Lipinski definition) is 1. The Morgan fingerprint density at radius 3 is 2.33 bits per heavy atom. The summed E-state index contributed by atoms with van der Waals surface area (Å²) in [6.45, 7) is 1.19. The van der Waals surface area contributed by atoms with Crippen molar-refractivity contribution < 1.29 is 24.2 Å². The van der Waals surface area contributed by atoms with Crippen LogP contribution in [0.3, 0.4) is 0 Å². The van der Waals surface area contributed by atoms with Crippen molar-refractivity contribution in [1.29, 1.82) is 0 Å². The van der Waals surface area contributed by atoms with Crippen LogP contribution in [-0.4, -0.2) is 55.6 Å². The van der Waals surface area contributed by atoms with Gasteiger partial charge in [-0.25, -0.2) is 0 Å². The van der Waals surface area contributed by atoms with Crippen molar-refractivity contribution in [2.45, 2.75) is 12.5 Å². The standard InChI is InChI=1S/C29H28N2O5/c1-30(2)22-11-8-20(9-12-22)26-25(27(32)21-10-13-23-24(18-21)36-17-16-35-23)28(33)29(34)31(26)15-14-19-6-4-3-5-7-19/h3-13,18,26,32H,14-17H2,1-2H3/b27-25-. The molecule has 7 nitrogen and oxygen atoms in total. The smallest absolute Gasteiger partial charge is 0.295 e. The average molecular weight is 485 g/mol. The van der Waals surface area contributed by atoms with Crippen LogP contribution in [0.4, 0.5) is 5.69 Å². The summed E-state index contributed by atoms with van der Waals surface area (Å²) in [7, 11) is 3.89. The zero-order chi connectivity index (χ0) is 25.2. The second kappa shape index (κ2) is 9.77. The minimum Gasteiger partial charge on any atom is -0.507 e. The molecule has 0 saturated carbocycles. The van der Waals surface area contributed by atoms with Gasteiger partial charge in [0.15, 0.2) is 11.5 Å². The molecule has 1 fully saturated rings. The number of carbonyl (C=O) groups excluding carboxylic acids is 2. The van der Waals surface area contributed by atoms with E-state index in [1.807, 2.05) is 73.6 Å². The SMILES string of the molecule is CN(C)c1ccc(C2/C(=C(/O)c3ccc4c(c3)OCCO4)C(=O)C(=O)N2CCc2ccccc2)cc1. The number of nitrogens with zero attached hydrogens (tertiary/aromatic N) is 2. The van der Waals surface area contributed by atoms with Crippen LogP contribution < -0.4 is 14.4 Å². The predicted molar refractivity (Wildman–Crippen MR) is 137 cm³/mol. The van der Waals surface area contributed by atoms with Gasteiger partial charge in [0.1, 0.15) is 19.0 Å². The van der Waals surface area contributed by atoms with Crippen molar-refractivity contribution in [3.8, 4) is 11.5 Å². The molecule has 5 rings (SSSR count). The van der Waals surface area contributed by atoms with Gasteiger partial charge in [-0.3, -0.25) is 9.59 Å². The van der Waals surface area contributed by atoms with Crippen molar-refractivity contribution >= 4 is 23.1 Å². The molecular weight excluding hydrogens is 456 g/mol. The minimum absolute atomic E-state index is 0.0716. The summed E-state index contributed by atoms with van der Waals surface area (Å²) in [5, 5.41) is 11.4. The van der Waals surface area contributed by atoms with Gasteiger partial charge in [0.2, 0.25) is 0 Å². The molecular formula is C29H28N2O5. The summed E-state index contributed by atoms with van der Waals surface area (Å²) >= 11 is 0. The lowest BCUT2D eigenvalue weighted by molar-refractivity contribution is -0.139. The van der Waals surface area contributed by atoms with E-state index in [4.69, 9.17) is 9.47 Å². The molecule has 1 saturated heterocycles. The van der Waals surface area contributed by atoms with Crippen LogP contribution in [0.2, 0.25) is 0 Å². The highest BCUT2D eigenvalue weighted by atomic mass is 16.6. The van der Waals surface area contributed by atoms with E-state index < -0.39 is 17.7 Å². The Kier molecular flexibility index (Phi) is 6.38. The maximum Gasteiger partial charge on any atom is 0.295 e. The van der Waals surface area contributed by atoms with Gasteiger partial charge in [-0.05, 0) is 47.9 Å². The van der Waals surface area contributed by atoms with Gasteiger partial charge in [0, 0.05) is 31.9 Å². The first-order chi connectivity index (χ1) is 17.4. The molecule has 2 heterocycles. The molecule has 184 valence electrons. The van der Waals surface area contributed by atoms with Gasteiger partial charge in [-0.2, -0.15) is 0 Å². The molecule has 1 N–H and O–H groups in total. The summed E-state index contributed by atoms with van der Waals surface area (Å²) in [6, 6.07) is 21.8. The van der Waals surface area contributed by atoms with Crippen LogP contribution in [-0.2, 0) is 16.0 Å². The number of ether oxygens (including phenoxy) is 2. The number of hydrogen-bond acceptors (Lipinski definition) is 6. The monoisotopic (exact) mass is 484 g/mol. The van der Waals surface area contributed by atoms with Gasteiger partial charge in [0.25, 0.3) is 11.7 Å². The molecule has 1 amide bonds. The molecule has 1 atom stereocenters. The lowest BCUT2D eigenvalue weighted by Gasteiger charge is -2.26. The number of likely N-dealkylation sites (tertiary alicyclic amines) is 1. The number of Topliss-reactive ketones (excluding diaryl/α,β-unsaturated/α-hetero) is 1. The van der Waals surface area contributed by atoms with E-state index >= 15 is 0 Å². The van der Waals surface area contributed by atoms with Crippen LogP contribution in [0.1, 0.15) is 22.7 Å². The quantitative estimate of drug-likeness (QED) is 0.321. The Hall–Kier alpha value is -4.26.